The van der Waals surface area contributed by atoms with E-state index >= 15 is 0 Å². The molecule has 0 amide bonds. The fraction of sp³-hybridized carbons (Fsp3) is 0.737. The molecule has 2 N–H and O–H groups in total. The van der Waals surface area contributed by atoms with E-state index in [9.17, 15) is 0 Å². The molecule has 5 nitrogen and oxygen atoms in total. The predicted octanol–water partition coefficient (Wildman–Crippen LogP) is 3.46. The van der Waals surface area contributed by atoms with Crippen LogP contribution in [0.5, 0.6) is 0 Å². The number of hydrogen-bond acceptors (Lipinski definition) is 4. The molecular weight excluding hydrogens is 459 g/mol. The zero-order chi connectivity index (χ0) is 18.0. The Hall–Kier alpha value is -0.410. The van der Waals surface area contributed by atoms with Gasteiger partial charge in [0, 0.05) is 43.8 Å². The number of thioether (sulfide) groups is 1. The third-order valence-electron chi connectivity index (χ3n) is 4.73. The number of halogens is 1. The molecule has 1 aliphatic rings. The average Bonchev–Trinajstić information content (AvgIpc) is 3.24. The van der Waals surface area contributed by atoms with Gasteiger partial charge in [-0.3, -0.25) is 4.99 Å². The maximum Gasteiger partial charge on any atom is 0.191 e. The smallest absolute Gasteiger partial charge is 0.191 e. The second-order valence-electron chi connectivity index (χ2n) is 7.29. The van der Waals surface area contributed by atoms with Crippen LogP contribution < -0.4 is 10.6 Å². The van der Waals surface area contributed by atoms with Crippen molar-refractivity contribution in [3.05, 3.63) is 24.2 Å². The summed E-state index contributed by atoms with van der Waals surface area (Å²) < 4.78 is 5.41. The van der Waals surface area contributed by atoms with E-state index in [0.29, 0.717) is 5.41 Å². The Balaban J connectivity index is 0.00000338. The Morgan fingerprint density at radius 1 is 1.27 bits per heavy atom. The van der Waals surface area contributed by atoms with Gasteiger partial charge in [0.1, 0.15) is 5.76 Å². The molecule has 150 valence electrons. The first-order valence-electron chi connectivity index (χ1n) is 9.32. The molecule has 1 aromatic heterocycles. The van der Waals surface area contributed by atoms with Crippen LogP contribution in [0.4, 0.5) is 0 Å². The van der Waals surface area contributed by atoms with E-state index in [2.05, 4.69) is 35.9 Å². The summed E-state index contributed by atoms with van der Waals surface area (Å²) in [4.78, 5) is 7.26. The molecule has 1 heterocycles. The van der Waals surface area contributed by atoms with Crippen LogP contribution in [0, 0.1) is 5.41 Å². The summed E-state index contributed by atoms with van der Waals surface area (Å²) in [7, 11) is 4.34. The summed E-state index contributed by atoms with van der Waals surface area (Å²) in [5.41, 5.74) is 0.346. The normalized spacial score (nSPS) is 16.5. The van der Waals surface area contributed by atoms with Crippen molar-refractivity contribution in [2.24, 2.45) is 10.4 Å². The van der Waals surface area contributed by atoms with E-state index in [0.717, 1.165) is 50.1 Å². The Morgan fingerprint density at radius 2 is 2.00 bits per heavy atom. The molecule has 1 fully saturated rings. The molecule has 1 aromatic rings. The Bertz CT molecular complexity index is 502. The number of guanidine groups is 1. The van der Waals surface area contributed by atoms with Gasteiger partial charge < -0.3 is 20.0 Å². The fourth-order valence-electron chi connectivity index (χ4n) is 3.61. The zero-order valence-electron chi connectivity index (χ0n) is 16.4. The average molecular weight is 494 g/mol. The van der Waals surface area contributed by atoms with Crippen LogP contribution in [0.3, 0.4) is 0 Å². The van der Waals surface area contributed by atoms with Crippen molar-refractivity contribution >= 4 is 41.7 Å². The molecule has 7 heteroatoms. The Morgan fingerprint density at radius 3 is 2.62 bits per heavy atom. The van der Waals surface area contributed by atoms with Crippen molar-refractivity contribution < 1.29 is 4.42 Å². The van der Waals surface area contributed by atoms with Crippen LogP contribution in [0.25, 0.3) is 0 Å². The molecule has 26 heavy (non-hydrogen) atoms. The molecule has 0 bridgehead atoms. The molecule has 0 radical (unpaired) electrons. The second kappa shape index (κ2) is 12.9. The zero-order valence-corrected chi connectivity index (χ0v) is 19.6. The molecule has 0 unspecified atom stereocenters. The third kappa shape index (κ3) is 8.52. The quantitative estimate of drug-likeness (QED) is 0.226. The summed E-state index contributed by atoms with van der Waals surface area (Å²) in [6.45, 7) is 3.80. The molecular formula is C19H35IN4OS. The van der Waals surface area contributed by atoms with E-state index in [1.807, 2.05) is 23.9 Å². The van der Waals surface area contributed by atoms with Crippen LogP contribution >= 0.6 is 35.7 Å². The molecule has 2 rings (SSSR count). The van der Waals surface area contributed by atoms with E-state index in [4.69, 9.17) is 9.41 Å². The molecule has 0 saturated heterocycles. The first kappa shape index (κ1) is 23.6. The first-order chi connectivity index (χ1) is 12.1. The lowest BCUT2D eigenvalue weighted by molar-refractivity contribution is 0.210. The van der Waals surface area contributed by atoms with Crippen LogP contribution in [0.15, 0.2) is 27.8 Å². The van der Waals surface area contributed by atoms with E-state index < -0.39 is 0 Å². The molecule has 0 spiro atoms. The Kier molecular flexibility index (Phi) is 11.7. The van der Waals surface area contributed by atoms with Gasteiger partial charge in [-0.2, -0.15) is 11.8 Å². The minimum atomic E-state index is 0. The van der Waals surface area contributed by atoms with Gasteiger partial charge in [0.05, 0.1) is 6.26 Å². The number of hydrogen-bond donors (Lipinski definition) is 2. The van der Waals surface area contributed by atoms with Gasteiger partial charge >= 0.3 is 0 Å². The highest BCUT2D eigenvalue weighted by Crippen LogP contribution is 2.38. The first-order valence-corrected chi connectivity index (χ1v) is 10.7. The van der Waals surface area contributed by atoms with Crippen molar-refractivity contribution in [1.29, 1.82) is 0 Å². The van der Waals surface area contributed by atoms with Gasteiger partial charge in [-0.15, -0.1) is 24.0 Å². The largest absolute Gasteiger partial charge is 0.469 e. The number of rotatable bonds is 10. The van der Waals surface area contributed by atoms with Crippen molar-refractivity contribution in [3.63, 3.8) is 0 Å². The molecule has 1 saturated carbocycles. The number of furan rings is 1. The van der Waals surface area contributed by atoms with Gasteiger partial charge in [-0.25, -0.2) is 0 Å². The van der Waals surface area contributed by atoms with E-state index in [-0.39, 0.29) is 24.0 Å². The standard InChI is InChI=1S/C19H34N4OS.HI/c1-23(2)16-19(9-4-5-10-19)15-22-18(21-12-14-25-3)20-11-8-17-7-6-13-24-17;/h6-7,13H,4-5,8-12,14-16H2,1-3H3,(H2,20,21,22);1H. The number of nitrogens with zero attached hydrogens (tertiary/aromatic N) is 2. The highest BCUT2D eigenvalue weighted by Gasteiger charge is 2.34. The van der Waals surface area contributed by atoms with Crippen LogP contribution in [0.1, 0.15) is 31.4 Å². The lowest BCUT2D eigenvalue weighted by Gasteiger charge is -2.30. The van der Waals surface area contributed by atoms with Gasteiger partial charge in [0.25, 0.3) is 0 Å². The summed E-state index contributed by atoms with van der Waals surface area (Å²) >= 11 is 1.85. The van der Waals surface area contributed by atoms with Crippen molar-refractivity contribution in [3.8, 4) is 0 Å². The SMILES string of the molecule is CSCCNC(=NCC1(CN(C)C)CCCC1)NCCc1ccco1.I. The van der Waals surface area contributed by atoms with Crippen LogP contribution in [-0.2, 0) is 6.42 Å². The maximum absolute atomic E-state index is 5.41. The van der Waals surface area contributed by atoms with Gasteiger partial charge in [-0.05, 0) is 45.3 Å². The van der Waals surface area contributed by atoms with Crippen molar-refractivity contribution in [2.75, 3.05) is 52.3 Å². The van der Waals surface area contributed by atoms with Crippen LogP contribution in [-0.4, -0.2) is 63.1 Å². The molecule has 0 aliphatic heterocycles. The van der Waals surface area contributed by atoms with Crippen molar-refractivity contribution in [1.82, 2.24) is 15.5 Å². The number of aliphatic imine (C=N–C) groups is 1. The van der Waals surface area contributed by atoms with E-state index in [1.165, 1.54) is 25.7 Å². The van der Waals surface area contributed by atoms with Gasteiger partial charge in [0.2, 0.25) is 0 Å². The number of nitrogens with one attached hydrogen (secondary N) is 2. The second-order valence-corrected chi connectivity index (χ2v) is 8.27. The fourth-order valence-corrected chi connectivity index (χ4v) is 3.92. The predicted molar refractivity (Wildman–Crippen MR) is 124 cm³/mol. The molecule has 0 aromatic carbocycles. The summed E-state index contributed by atoms with van der Waals surface area (Å²) in [6, 6.07) is 3.95. The van der Waals surface area contributed by atoms with Gasteiger partial charge in [-0.1, -0.05) is 12.8 Å². The third-order valence-corrected chi connectivity index (χ3v) is 5.34. The highest BCUT2D eigenvalue weighted by molar-refractivity contribution is 14.0. The van der Waals surface area contributed by atoms with E-state index in [1.54, 1.807) is 6.26 Å². The van der Waals surface area contributed by atoms with Gasteiger partial charge in [0.15, 0.2) is 5.96 Å². The van der Waals surface area contributed by atoms with Crippen molar-refractivity contribution in [2.45, 2.75) is 32.1 Å². The lowest BCUT2D eigenvalue weighted by atomic mass is 9.86. The monoisotopic (exact) mass is 494 g/mol. The molecule has 1 aliphatic carbocycles. The van der Waals surface area contributed by atoms with Crippen LogP contribution in [0.2, 0.25) is 0 Å². The summed E-state index contributed by atoms with van der Waals surface area (Å²) in [5, 5.41) is 6.94. The maximum atomic E-state index is 5.41. The molecule has 0 atom stereocenters. The lowest BCUT2D eigenvalue weighted by Crippen LogP contribution is -2.41. The Labute approximate surface area is 180 Å². The summed E-state index contributed by atoms with van der Waals surface area (Å²) in [6.07, 6.45) is 9.99. The minimum Gasteiger partial charge on any atom is -0.469 e. The topological polar surface area (TPSA) is 52.8 Å². The minimum absolute atomic E-state index is 0. The highest BCUT2D eigenvalue weighted by atomic mass is 127. The summed E-state index contributed by atoms with van der Waals surface area (Å²) in [5.74, 6) is 3.03.